The van der Waals surface area contributed by atoms with Crippen molar-refractivity contribution in [1.82, 2.24) is 5.32 Å². The van der Waals surface area contributed by atoms with Crippen molar-refractivity contribution in [2.75, 3.05) is 19.7 Å². The number of benzene rings is 1. The van der Waals surface area contributed by atoms with Crippen molar-refractivity contribution in [1.29, 1.82) is 0 Å². The summed E-state index contributed by atoms with van der Waals surface area (Å²) >= 11 is 0. The Hall–Kier alpha value is -1.33. The van der Waals surface area contributed by atoms with Gasteiger partial charge in [-0.2, -0.15) is 0 Å². The van der Waals surface area contributed by atoms with Crippen molar-refractivity contribution < 1.29 is 13.9 Å². The molecule has 0 aromatic heterocycles. The lowest BCUT2D eigenvalue weighted by Crippen LogP contribution is -2.28. The van der Waals surface area contributed by atoms with Crippen LogP contribution in [0.2, 0.25) is 0 Å². The van der Waals surface area contributed by atoms with Crippen molar-refractivity contribution in [3.63, 3.8) is 0 Å². The number of piperidine rings is 1. The molecule has 20 heavy (non-hydrogen) atoms. The average molecular weight is 303 g/mol. The summed E-state index contributed by atoms with van der Waals surface area (Å²) in [4.78, 5) is 10.9. The van der Waals surface area contributed by atoms with Gasteiger partial charge in [0.2, 0.25) is 5.91 Å². The number of nitrogens with one attached hydrogen (secondary N) is 1. The molecule has 0 radical (unpaired) electrons. The monoisotopic (exact) mass is 302 g/mol. The number of rotatable bonds is 5. The Morgan fingerprint density at radius 3 is 2.70 bits per heavy atom. The van der Waals surface area contributed by atoms with Crippen molar-refractivity contribution in [2.24, 2.45) is 11.7 Å². The highest BCUT2D eigenvalue weighted by Crippen LogP contribution is 2.20. The zero-order valence-electron chi connectivity index (χ0n) is 11.2. The molecule has 1 aliphatic heterocycles. The molecular weight excluding hydrogens is 283 g/mol. The van der Waals surface area contributed by atoms with Crippen molar-refractivity contribution in [3.8, 4) is 5.75 Å². The lowest BCUT2D eigenvalue weighted by Gasteiger charge is -2.22. The third kappa shape index (κ3) is 4.65. The van der Waals surface area contributed by atoms with Gasteiger partial charge in [-0.3, -0.25) is 4.79 Å². The number of nitrogens with two attached hydrogens (primary N) is 1. The summed E-state index contributed by atoms with van der Waals surface area (Å²) in [7, 11) is 0. The summed E-state index contributed by atoms with van der Waals surface area (Å²) in [5, 5.41) is 3.30. The van der Waals surface area contributed by atoms with Gasteiger partial charge in [0.15, 0.2) is 11.6 Å². The fourth-order valence-electron chi connectivity index (χ4n) is 2.28. The summed E-state index contributed by atoms with van der Waals surface area (Å²) in [5.74, 6) is -0.352. The van der Waals surface area contributed by atoms with E-state index in [9.17, 15) is 9.18 Å². The van der Waals surface area contributed by atoms with Gasteiger partial charge < -0.3 is 15.8 Å². The zero-order chi connectivity index (χ0) is 13.7. The number of hydrogen-bond acceptors (Lipinski definition) is 3. The van der Waals surface area contributed by atoms with Crippen LogP contribution in [-0.4, -0.2) is 25.6 Å². The molecule has 1 fully saturated rings. The Morgan fingerprint density at radius 1 is 1.40 bits per heavy atom. The van der Waals surface area contributed by atoms with E-state index < -0.39 is 11.7 Å². The van der Waals surface area contributed by atoms with E-state index in [2.05, 4.69) is 5.32 Å². The average Bonchev–Trinajstić information content (AvgIpc) is 2.41. The first-order chi connectivity index (χ1) is 9.16. The van der Waals surface area contributed by atoms with E-state index >= 15 is 0 Å². The molecule has 2 rings (SSSR count). The normalized spacial score (nSPS) is 15.4. The highest BCUT2D eigenvalue weighted by Gasteiger charge is 2.13. The van der Waals surface area contributed by atoms with Gasteiger partial charge in [-0.1, -0.05) is 0 Å². The molecule has 4 nitrogen and oxygen atoms in total. The molecule has 1 aliphatic rings. The second-order valence-electron chi connectivity index (χ2n) is 4.84. The van der Waals surface area contributed by atoms with Crippen LogP contribution in [0, 0.1) is 11.7 Å². The molecule has 0 atom stereocenters. The van der Waals surface area contributed by atoms with Crippen LogP contribution < -0.4 is 15.8 Å². The molecular formula is C14H20ClFN2O2. The fraction of sp³-hybridized carbons (Fsp3) is 0.500. The Balaban J connectivity index is 0.00000200. The molecule has 1 aromatic rings. The minimum atomic E-state index is -0.639. The summed E-state index contributed by atoms with van der Waals surface area (Å²) in [6, 6.07) is 4.05. The van der Waals surface area contributed by atoms with Gasteiger partial charge >= 0.3 is 0 Å². The maximum absolute atomic E-state index is 13.6. The largest absolute Gasteiger partial charge is 0.491 e. The van der Waals surface area contributed by atoms with Crippen LogP contribution in [0.3, 0.4) is 0 Å². The van der Waals surface area contributed by atoms with Crippen molar-refractivity contribution in [2.45, 2.75) is 19.3 Å². The number of primary amides is 1. The highest BCUT2D eigenvalue weighted by atomic mass is 35.5. The molecule has 112 valence electrons. The molecule has 1 heterocycles. The fourth-order valence-corrected chi connectivity index (χ4v) is 2.28. The van der Waals surface area contributed by atoms with E-state index in [0.29, 0.717) is 12.5 Å². The number of carbonyl (C=O) groups is 1. The van der Waals surface area contributed by atoms with Gasteiger partial charge in [0.05, 0.1) is 6.61 Å². The number of halogens is 2. The molecule has 0 bridgehead atoms. The maximum atomic E-state index is 13.6. The van der Waals surface area contributed by atoms with Crippen LogP contribution in [0.15, 0.2) is 18.2 Å². The topological polar surface area (TPSA) is 64.4 Å². The van der Waals surface area contributed by atoms with E-state index in [0.717, 1.165) is 38.4 Å². The first-order valence-electron chi connectivity index (χ1n) is 6.59. The van der Waals surface area contributed by atoms with Gasteiger partial charge in [0.25, 0.3) is 0 Å². The van der Waals surface area contributed by atoms with Crippen molar-refractivity contribution in [3.05, 3.63) is 29.6 Å². The van der Waals surface area contributed by atoms with Crippen LogP contribution in [0.25, 0.3) is 0 Å². The summed E-state index contributed by atoms with van der Waals surface area (Å²) in [6.07, 6.45) is 3.22. The third-order valence-corrected chi connectivity index (χ3v) is 3.46. The standard InChI is InChI=1S/C14H19FN2O2.ClH/c15-12-9-11(14(16)18)1-2-13(12)19-8-5-10-3-6-17-7-4-10;/h1-2,9-10,17H,3-8H2,(H2,16,18);1H. The first-order valence-corrected chi connectivity index (χ1v) is 6.59. The summed E-state index contributed by atoms with van der Waals surface area (Å²) in [6.45, 7) is 2.59. The second-order valence-corrected chi connectivity index (χ2v) is 4.84. The van der Waals surface area contributed by atoms with Crippen LogP contribution in [0.1, 0.15) is 29.6 Å². The van der Waals surface area contributed by atoms with Gasteiger partial charge in [0, 0.05) is 5.56 Å². The van der Waals surface area contributed by atoms with Gasteiger partial charge in [-0.15, -0.1) is 12.4 Å². The van der Waals surface area contributed by atoms with Gasteiger partial charge in [-0.25, -0.2) is 4.39 Å². The van der Waals surface area contributed by atoms with Crippen LogP contribution in [0.4, 0.5) is 4.39 Å². The molecule has 3 N–H and O–H groups in total. The predicted octanol–water partition coefficient (Wildman–Crippen LogP) is 2.11. The Labute approximate surface area is 124 Å². The van der Waals surface area contributed by atoms with Crippen LogP contribution >= 0.6 is 12.4 Å². The Morgan fingerprint density at radius 2 is 2.10 bits per heavy atom. The van der Waals surface area contributed by atoms with E-state index in [1.807, 2.05) is 0 Å². The lowest BCUT2D eigenvalue weighted by molar-refractivity contribution is 0.0999. The quantitative estimate of drug-likeness (QED) is 0.875. The molecule has 0 unspecified atom stereocenters. The van der Waals surface area contributed by atoms with Crippen LogP contribution in [0.5, 0.6) is 5.75 Å². The van der Waals surface area contributed by atoms with E-state index in [-0.39, 0.29) is 23.7 Å². The summed E-state index contributed by atoms with van der Waals surface area (Å²) in [5.41, 5.74) is 5.23. The summed E-state index contributed by atoms with van der Waals surface area (Å²) < 4.78 is 19.1. The van der Waals surface area contributed by atoms with E-state index in [1.165, 1.54) is 12.1 Å². The number of carbonyl (C=O) groups excluding carboxylic acids is 1. The molecule has 1 saturated heterocycles. The van der Waals surface area contributed by atoms with Gasteiger partial charge in [0.1, 0.15) is 0 Å². The van der Waals surface area contributed by atoms with Gasteiger partial charge in [-0.05, 0) is 56.5 Å². The third-order valence-electron chi connectivity index (χ3n) is 3.46. The number of ether oxygens (including phenoxy) is 1. The maximum Gasteiger partial charge on any atom is 0.248 e. The Bertz CT molecular complexity index is 451. The molecule has 0 aliphatic carbocycles. The smallest absolute Gasteiger partial charge is 0.248 e. The molecule has 1 aromatic carbocycles. The predicted molar refractivity (Wildman–Crippen MR) is 77.9 cm³/mol. The molecule has 6 heteroatoms. The zero-order valence-corrected chi connectivity index (χ0v) is 12.0. The number of amides is 1. The lowest BCUT2D eigenvalue weighted by atomic mass is 9.95. The van der Waals surface area contributed by atoms with Crippen LogP contribution in [-0.2, 0) is 0 Å². The Kier molecular flexibility index (Phi) is 6.75. The van der Waals surface area contributed by atoms with E-state index in [1.54, 1.807) is 0 Å². The number of hydrogen-bond donors (Lipinski definition) is 2. The first kappa shape index (κ1) is 16.7. The molecule has 0 spiro atoms. The minimum absolute atomic E-state index is 0. The SMILES string of the molecule is Cl.NC(=O)c1ccc(OCCC2CCNCC2)c(F)c1. The molecule has 0 saturated carbocycles. The second kappa shape index (κ2) is 8.07. The highest BCUT2D eigenvalue weighted by molar-refractivity contribution is 5.92. The minimum Gasteiger partial charge on any atom is -0.491 e. The molecule has 1 amide bonds. The van der Waals surface area contributed by atoms with Crippen molar-refractivity contribution >= 4 is 18.3 Å². The van der Waals surface area contributed by atoms with E-state index in [4.69, 9.17) is 10.5 Å².